The highest BCUT2D eigenvalue weighted by atomic mass is 32.2. The minimum atomic E-state index is -0.941. The van der Waals surface area contributed by atoms with Crippen molar-refractivity contribution in [3.8, 4) is 0 Å². The highest BCUT2D eigenvalue weighted by Crippen LogP contribution is 2.16. The fourth-order valence-corrected chi connectivity index (χ4v) is 2.56. The predicted octanol–water partition coefficient (Wildman–Crippen LogP) is 2.14. The molecule has 0 spiro atoms. The molecule has 1 amide bonds. The van der Waals surface area contributed by atoms with Gasteiger partial charge in [-0.2, -0.15) is 0 Å². The van der Waals surface area contributed by atoms with E-state index < -0.39 is 10.8 Å². The monoisotopic (exact) mass is 268 g/mol. The summed E-state index contributed by atoms with van der Waals surface area (Å²) in [6, 6.07) is 7.10. The standard InChI is InChI=1S/C13H20N2O2S/c1-3-10(2)18(17)9-8-13(16)15-12-7-5-4-6-11(12)14/h4-7,10H,3,8-9,14H2,1-2H3,(H,15,16). The van der Waals surface area contributed by atoms with Crippen LogP contribution >= 0.6 is 0 Å². The van der Waals surface area contributed by atoms with Gasteiger partial charge in [0, 0.05) is 28.2 Å². The molecule has 4 nitrogen and oxygen atoms in total. The number of rotatable bonds is 6. The lowest BCUT2D eigenvalue weighted by Gasteiger charge is -2.10. The summed E-state index contributed by atoms with van der Waals surface area (Å²) in [7, 11) is -0.941. The summed E-state index contributed by atoms with van der Waals surface area (Å²) in [5.41, 5.74) is 6.86. The topological polar surface area (TPSA) is 72.2 Å². The van der Waals surface area contributed by atoms with E-state index in [1.165, 1.54) is 0 Å². The van der Waals surface area contributed by atoms with Gasteiger partial charge in [0.15, 0.2) is 0 Å². The lowest BCUT2D eigenvalue weighted by molar-refractivity contribution is -0.115. The number of carbonyl (C=O) groups excluding carboxylic acids is 1. The van der Waals surface area contributed by atoms with Gasteiger partial charge in [-0.15, -0.1) is 0 Å². The number of hydrogen-bond acceptors (Lipinski definition) is 3. The Labute approximate surface area is 110 Å². The predicted molar refractivity (Wildman–Crippen MR) is 76.9 cm³/mol. The molecule has 0 aromatic heterocycles. The van der Waals surface area contributed by atoms with Crippen molar-refractivity contribution in [1.29, 1.82) is 0 Å². The number of carbonyl (C=O) groups is 1. The van der Waals surface area contributed by atoms with Gasteiger partial charge in [0.25, 0.3) is 0 Å². The molecule has 0 saturated carbocycles. The first-order chi connectivity index (χ1) is 8.54. The van der Waals surface area contributed by atoms with E-state index >= 15 is 0 Å². The number of benzene rings is 1. The van der Waals surface area contributed by atoms with Crippen LogP contribution in [0.1, 0.15) is 26.7 Å². The van der Waals surface area contributed by atoms with Crippen LogP contribution in [0.2, 0.25) is 0 Å². The smallest absolute Gasteiger partial charge is 0.225 e. The molecule has 1 rings (SSSR count). The third kappa shape index (κ3) is 4.49. The molecule has 0 aliphatic heterocycles. The second kappa shape index (κ2) is 7.16. The van der Waals surface area contributed by atoms with Gasteiger partial charge in [-0.3, -0.25) is 9.00 Å². The molecule has 2 atom stereocenters. The molecule has 0 saturated heterocycles. The van der Waals surface area contributed by atoms with Crippen LogP contribution in [0.15, 0.2) is 24.3 Å². The minimum absolute atomic E-state index is 0.139. The zero-order valence-corrected chi connectivity index (χ0v) is 11.6. The fraction of sp³-hybridized carbons (Fsp3) is 0.462. The van der Waals surface area contributed by atoms with Crippen molar-refractivity contribution >= 4 is 28.1 Å². The molecule has 3 N–H and O–H groups in total. The van der Waals surface area contributed by atoms with Crippen LogP contribution in [0.3, 0.4) is 0 Å². The molecular formula is C13H20N2O2S. The average Bonchev–Trinajstić information content (AvgIpc) is 2.37. The Morgan fingerprint density at radius 1 is 1.44 bits per heavy atom. The minimum Gasteiger partial charge on any atom is -0.397 e. The van der Waals surface area contributed by atoms with E-state index in [1.54, 1.807) is 12.1 Å². The summed E-state index contributed by atoms with van der Waals surface area (Å²) >= 11 is 0. The van der Waals surface area contributed by atoms with E-state index in [2.05, 4.69) is 5.32 Å². The Morgan fingerprint density at radius 2 is 2.11 bits per heavy atom. The molecule has 1 aromatic rings. The molecule has 0 aliphatic carbocycles. The van der Waals surface area contributed by atoms with E-state index in [1.807, 2.05) is 26.0 Å². The summed E-state index contributed by atoms with van der Waals surface area (Å²) in [5.74, 6) is 0.248. The van der Waals surface area contributed by atoms with Crippen LogP contribution in [-0.2, 0) is 15.6 Å². The Hall–Kier alpha value is -1.36. The third-order valence-electron chi connectivity index (χ3n) is 2.79. The van der Waals surface area contributed by atoms with Crippen LogP contribution in [0.5, 0.6) is 0 Å². The number of para-hydroxylation sites is 2. The van der Waals surface area contributed by atoms with Crippen molar-refractivity contribution in [2.75, 3.05) is 16.8 Å². The maximum absolute atomic E-state index is 11.7. The van der Waals surface area contributed by atoms with E-state index in [9.17, 15) is 9.00 Å². The van der Waals surface area contributed by atoms with Gasteiger partial charge in [-0.05, 0) is 18.6 Å². The van der Waals surface area contributed by atoms with Crippen molar-refractivity contribution in [2.24, 2.45) is 0 Å². The van der Waals surface area contributed by atoms with Crippen molar-refractivity contribution in [1.82, 2.24) is 0 Å². The molecular weight excluding hydrogens is 248 g/mol. The second-order valence-electron chi connectivity index (χ2n) is 4.19. The quantitative estimate of drug-likeness (QED) is 0.776. The average molecular weight is 268 g/mol. The molecule has 0 bridgehead atoms. The number of nitrogens with one attached hydrogen (secondary N) is 1. The van der Waals surface area contributed by atoms with Crippen molar-refractivity contribution in [3.63, 3.8) is 0 Å². The maximum Gasteiger partial charge on any atom is 0.225 e. The number of anilines is 2. The van der Waals surface area contributed by atoms with Crippen LogP contribution < -0.4 is 11.1 Å². The van der Waals surface area contributed by atoms with Gasteiger partial charge < -0.3 is 11.1 Å². The van der Waals surface area contributed by atoms with Crippen LogP contribution in [0.4, 0.5) is 11.4 Å². The maximum atomic E-state index is 11.7. The number of nitrogens with two attached hydrogens (primary N) is 1. The first kappa shape index (κ1) is 14.7. The Bertz CT molecular complexity index is 435. The summed E-state index contributed by atoms with van der Waals surface area (Å²) in [6.45, 7) is 3.93. The summed E-state index contributed by atoms with van der Waals surface area (Å²) in [4.78, 5) is 11.7. The molecule has 0 heterocycles. The van der Waals surface area contributed by atoms with E-state index in [0.717, 1.165) is 6.42 Å². The Morgan fingerprint density at radius 3 is 2.72 bits per heavy atom. The van der Waals surface area contributed by atoms with Crippen molar-refractivity contribution in [2.45, 2.75) is 31.9 Å². The van der Waals surface area contributed by atoms with Gasteiger partial charge in [0.2, 0.25) is 5.91 Å². The van der Waals surface area contributed by atoms with Gasteiger partial charge in [0.1, 0.15) is 0 Å². The lowest BCUT2D eigenvalue weighted by Crippen LogP contribution is -2.19. The molecule has 1 aromatic carbocycles. The zero-order valence-electron chi connectivity index (χ0n) is 10.8. The highest BCUT2D eigenvalue weighted by molar-refractivity contribution is 7.85. The van der Waals surface area contributed by atoms with Crippen molar-refractivity contribution in [3.05, 3.63) is 24.3 Å². The van der Waals surface area contributed by atoms with E-state index in [4.69, 9.17) is 5.73 Å². The molecule has 0 fully saturated rings. The second-order valence-corrected chi connectivity index (χ2v) is 6.16. The van der Waals surface area contributed by atoms with Gasteiger partial charge in [-0.25, -0.2) is 0 Å². The normalized spacial score (nSPS) is 13.9. The summed E-state index contributed by atoms with van der Waals surface area (Å²) < 4.78 is 11.7. The lowest BCUT2D eigenvalue weighted by atomic mass is 10.2. The van der Waals surface area contributed by atoms with Crippen molar-refractivity contribution < 1.29 is 9.00 Å². The van der Waals surface area contributed by atoms with Crippen LogP contribution in [-0.4, -0.2) is 21.1 Å². The number of hydrogen-bond donors (Lipinski definition) is 2. The zero-order chi connectivity index (χ0) is 13.5. The van der Waals surface area contributed by atoms with Gasteiger partial charge >= 0.3 is 0 Å². The van der Waals surface area contributed by atoms with Gasteiger partial charge in [-0.1, -0.05) is 26.0 Å². The third-order valence-corrected chi connectivity index (χ3v) is 4.63. The Balaban J connectivity index is 2.44. The summed E-state index contributed by atoms with van der Waals surface area (Å²) in [5, 5.41) is 2.86. The summed E-state index contributed by atoms with van der Waals surface area (Å²) in [6.07, 6.45) is 1.12. The van der Waals surface area contributed by atoms with E-state index in [0.29, 0.717) is 17.1 Å². The SMILES string of the molecule is CCC(C)S(=O)CCC(=O)Nc1ccccc1N. The van der Waals surface area contributed by atoms with Gasteiger partial charge in [0.05, 0.1) is 11.4 Å². The van der Waals surface area contributed by atoms with Crippen LogP contribution in [0, 0.1) is 0 Å². The Kier molecular flexibility index (Phi) is 5.85. The molecule has 5 heteroatoms. The molecule has 2 unspecified atom stereocenters. The number of amides is 1. The first-order valence-electron chi connectivity index (χ1n) is 6.06. The largest absolute Gasteiger partial charge is 0.397 e. The molecule has 100 valence electrons. The van der Waals surface area contributed by atoms with E-state index in [-0.39, 0.29) is 17.6 Å². The fourth-order valence-electron chi connectivity index (χ4n) is 1.40. The number of nitrogen functional groups attached to an aromatic ring is 1. The van der Waals surface area contributed by atoms with Crippen LogP contribution in [0.25, 0.3) is 0 Å². The first-order valence-corrected chi connectivity index (χ1v) is 7.44. The molecule has 0 radical (unpaired) electrons. The molecule has 18 heavy (non-hydrogen) atoms. The highest BCUT2D eigenvalue weighted by Gasteiger charge is 2.11. The molecule has 0 aliphatic rings.